The second kappa shape index (κ2) is 6.06. The third-order valence-corrected chi connectivity index (χ3v) is 4.60. The summed E-state index contributed by atoms with van der Waals surface area (Å²) in [7, 11) is 4.15. The van der Waals surface area contributed by atoms with Gasteiger partial charge in [0.2, 0.25) is 0 Å². The van der Waals surface area contributed by atoms with Crippen LogP contribution in [0.25, 0.3) is 16.2 Å². The molecule has 5 nitrogen and oxygen atoms in total. The molecule has 0 amide bonds. The number of fused-ring (bicyclic) bond motifs is 1. The van der Waals surface area contributed by atoms with Crippen LogP contribution in [0.2, 0.25) is 0 Å². The molecule has 3 heterocycles. The molecule has 0 saturated carbocycles. The molecule has 0 aliphatic rings. The Morgan fingerprint density at radius 3 is 2.82 bits per heavy atom. The zero-order valence-corrected chi connectivity index (χ0v) is 14.2. The van der Waals surface area contributed by atoms with Gasteiger partial charge in [-0.3, -0.25) is 0 Å². The van der Waals surface area contributed by atoms with Crippen molar-refractivity contribution in [1.82, 2.24) is 19.5 Å². The van der Waals surface area contributed by atoms with E-state index in [-0.39, 0.29) is 0 Å². The summed E-state index contributed by atoms with van der Waals surface area (Å²) in [5.41, 5.74) is 4.05. The highest BCUT2D eigenvalue weighted by Crippen LogP contribution is 2.27. The van der Waals surface area contributed by atoms with Crippen LogP contribution in [0.4, 0.5) is 5.82 Å². The number of anilines is 1. The zero-order valence-electron chi connectivity index (χ0n) is 13.4. The molecular formula is C16H21N5S. The van der Waals surface area contributed by atoms with Gasteiger partial charge in [0.25, 0.3) is 0 Å². The van der Waals surface area contributed by atoms with Crippen molar-refractivity contribution in [2.75, 3.05) is 32.5 Å². The number of hydrogen-bond acceptors (Lipinski definition) is 5. The average molecular weight is 315 g/mol. The normalized spacial score (nSPS) is 11.5. The molecule has 0 aromatic carbocycles. The summed E-state index contributed by atoms with van der Waals surface area (Å²) in [6.45, 7) is 5.98. The van der Waals surface area contributed by atoms with Crippen LogP contribution in [0.15, 0.2) is 23.6 Å². The van der Waals surface area contributed by atoms with Crippen molar-refractivity contribution in [1.29, 1.82) is 0 Å². The SMILES string of the molecule is Cc1nc2cc(-c3cccs3)nn2c(NCCN(C)C)c1C. The first-order chi connectivity index (χ1) is 10.6. The molecule has 1 N–H and O–H groups in total. The minimum atomic E-state index is 0.876. The number of nitrogens with one attached hydrogen (secondary N) is 1. The van der Waals surface area contributed by atoms with Gasteiger partial charge < -0.3 is 10.2 Å². The van der Waals surface area contributed by atoms with E-state index in [0.29, 0.717) is 0 Å². The van der Waals surface area contributed by atoms with Crippen LogP contribution in [-0.2, 0) is 0 Å². The lowest BCUT2D eigenvalue weighted by atomic mass is 10.2. The Kier molecular flexibility index (Phi) is 4.13. The lowest BCUT2D eigenvalue weighted by Crippen LogP contribution is -2.22. The van der Waals surface area contributed by atoms with Crippen LogP contribution in [-0.4, -0.2) is 46.7 Å². The second-order valence-electron chi connectivity index (χ2n) is 5.68. The third-order valence-electron chi connectivity index (χ3n) is 3.71. The lowest BCUT2D eigenvalue weighted by molar-refractivity contribution is 0.425. The van der Waals surface area contributed by atoms with Crippen LogP contribution in [0.5, 0.6) is 0 Å². The van der Waals surface area contributed by atoms with Gasteiger partial charge in [-0.2, -0.15) is 9.61 Å². The largest absolute Gasteiger partial charge is 0.368 e. The van der Waals surface area contributed by atoms with Crippen LogP contribution < -0.4 is 5.32 Å². The van der Waals surface area contributed by atoms with E-state index < -0.39 is 0 Å². The topological polar surface area (TPSA) is 45.5 Å². The Morgan fingerprint density at radius 2 is 2.14 bits per heavy atom. The van der Waals surface area contributed by atoms with Crippen molar-refractivity contribution in [3.63, 3.8) is 0 Å². The van der Waals surface area contributed by atoms with Crippen LogP contribution in [0.3, 0.4) is 0 Å². The van der Waals surface area contributed by atoms with Gasteiger partial charge in [0.1, 0.15) is 11.5 Å². The first-order valence-electron chi connectivity index (χ1n) is 7.35. The quantitative estimate of drug-likeness (QED) is 0.786. The summed E-state index contributed by atoms with van der Waals surface area (Å²) >= 11 is 1.70. The fourth-order valence-electron chi connectivity index (χ4n) is 2.35. The number of aromatic nitrogens is 3. The number of rotatable bonds is 5. The molecule has 0 spiro atoms. The van der Waals surface area contributed by atoms with Crippen LogP contribution in [0, 0.1) is 13.8 Å². The van der Waals surface area contributed by atoms with E-state index in [1.807, 2.05) is 17.5 Å². The number of hydrogen-bond donors (Lipinski definition) is 1. The highest BCUT2D eigenvalue weighted by atomic mass is 32.1. The summed E-state index contributed by atoms with van der Waals surface area (Å²) in [5.74, 6) is 1.03. The van der Waals surface area contributed by atoms with E-state index in [4.69, 9.17) is 5.10 Å². The summed E-state index contributed by atoms with van der Waals surface area (Å²) < 4.78 is 1.92. The summed E-state index contributed by atoms with van der Waals surface area (Å²) in [5, 5.41) is 10.3. The Bertz CT molecular complexity index is 774. The van der Waals surface area contributed by atoms with E-state index in [1.54, 1.807) is 11.3 Å². The molecule has 0 saturated heterocycles. The van der Waals surface area contributed by atoms with E-state index in [0.717, 1.165) is 41.5 Å². The molecule has 116 valence electrons. The first kappa shape index (κ1) is 15.0. The molecule has 22 heavy (non-hydrogen) atoms. The maximum absolute atomic E-state index is 4.74. The van der Waals surface area contributed by atoms with Gasteiger partial charge in [-0.25, -0.2) is 4.98 Å². The van der Waals surface area contributed by atoms with Gasteiger partial charge in [0.15, 0.2) is 5.65 Å². The van der Waals surface area contributed by atoms with Gasteiger partial charge >= 0.3 is 0 Å². The molecule has 0 radical (unpaired) electrons. The molecule has 0 aliphatic heterocycles. The standard InChI is InChI=1S/C16H21N5S/c1-11-12(2)18-15-10-13(14-6-5-9-22-14)19-21(15)16(11)17-7-8-20(3)4/h5-6,9-10,17H,7-8H2,1-4H3. The Morgan fingerprint density at radius 1 is 1.32 bits per heavy atom. The van der Waals surface area contributed by atoms with Crippen molar-refractivity contribution >= 4 is 22.8 Å². The van der Waals surface area contributed by atoms with Crippen molar-refractivity contribution in [2.45, 2.75) is 13.8 Å². The lowest BCUT2D eigenvalue weighted by Gasteiger charge is -2.15. The molecule has 0 fully saturated rings. The fourth-order valence-corrected chi connectivity index (χ4v) is 3.03. The van der Waals surface area contributed by atoms with Gasteiger partial charge in [0.05, 0.1) is 4.88 Å². The maximum atomic E-state index is 4.74. The molecule has 0 atom stereocenters. The summed E-state index contributed by atoms with van der Waals surface area (Å²) in [6, 6.07) is 6.19. The molecule has 0 unspecified atom stereocenters. The highest BCUT2D eigenvalue weighted by molar-refractivity contribution is 7.13. The Balaban J connectivity index is 2.02. The van der Waals surface area contributed by atoms with E-state index >= 15 is 0 Å². The minimum Gasteiger partial charge on any atom is -0.368 e. The van der Waals surface area contributed by atoms with Gasteiger partial charge in [-0.15, -0.1) is 11.3 Å². The van der Waals surface area contributed by atoms with Gasteiger partial charge in [0, 0.05) is 30.4 Å². The Hall–Kier alpha value is -1.92. The fraction of sp³-hybridized carbons (Fsp3) is 0.375. The number of nitrogens with zero attached hydrogens (tertiary/aromatic N) is 4. The number of aryl methyl sites for hydroxylation is 1. The maximum Gasteiger partial charge on any atom is 0.158 e. The summed E-state index contributed by atoms with van der Waals surface area (Å²) in [6.07, 6.45) is 0. The molecule has 0 aliphatic carbocycles. The van der Waals surface area contributed by atoms with Gasteiger partial charge in [-0.1, -0.05) is 6.07 Å². The van der Waals surface area contributed by atoms with E-state index in [9.17, 15) is 0 Å². The average Bonchev–Trinajstić information content (AvgIpc) is 3.11. The Labute approximate surface area is 134 Å². The van der Waals surface area contributed by atoms with Gasteiger partial charge in [-0.05, 0) is 39.4 Å². The number of likely N-dealkylation sites (N-methyl/N-ethyl adjacent to an activating group) is 1. The molecular weight excluding hydrogens is 294 g/mol. The molecule has 3 aromatic heterocycles. The molecule has 0 bridgehead atoms. The van der Waals surface area contributed by atoms with Crippen molar-refractivity contribution in [2.24, 2.45) is 0 Å². The summed E-state index contributed by atoms with van der Waals surface area (Å²) in [4.78, 5) is 7.99. The zero-order chi connectivity index (χ0) is 15.7. The monoisotopic (exact) mass is 315 g/mol. The minimum absolute atomic E-state index is 0.876. The van der Waals surface area contributed by atoms with Crippen molar-refractivity contribution < 1.29 is 0 Å². The van der Waals surface area contributed by atoms with Crippen molar-refractivity contribution in [3.05, 3.63) is 34.8 Å². The van der Waals surface area contributed by atoms with E-state index in [1.165, 1.54) is 4.88 Å². The van der Waals surface area contributed by atoms with Crippen LogP contribution in [0.1, 0.15) is 11.3 Å². The van der Waals surface area contributed by atoms with E-state index in [2.05, 4.69) is 53.7 Å². The highest BCUT2D eigenvalue weighted by Gasteiger charge is 2.13. The smallest absolute Gasteiger partial charge is 0.158 e. The predicted octanol–water partition coefficient (Wildman–Crippen LogP) is 3.05. The molecule has 3 rings (SSSR count). The molecule has 6 heteroatoms. The second-order valence-corrected chi connectivity index (χ2v) is 6.63. The van der Waals surface area contributed by atoms with Crippen LogP contribution >= 0.6 is 11.3 Å². The third kappa shape index (κ3) is 2.84. The number of thiophene rings is 1. The first-order valence-corrected chi connectivity index (χ1v) is 8.23. The van der Waals surface area contributed by atoms with Crippen molar-refractivity contribution in [3.8, 4) is 10.6 Å². The predicted molar refractivity (Wildman–Crippen MR) is 92.8 cm³/mol. The molecule has 3 aromatic rings.